The Morgan fingerprint density at radius 2 is 1.95 bits per heavy atom. The van der Waals surface area contributed by atoms with Crippen molar-refractivity contribution < 1.29 is 9.53 Å². The Kier molecular flexibility index (Phi) is 4.52. The van der Waals surface area contributed by atoms with Crippen LogP contribution in [-0.4, -0.2) is 17.1 Å². The Bertz CT molecular complexity index is 630. The van der Waals surface area contributed by atoms with E-state index < -0.39 is 5.91 Å². The molecular formula is C16H21N3O2. The molecule has 0 atom stereocenters. The predicted octanol–water partition coefficient (Wildman–Crippen LogP) is 2.12. The fourth-order valence-electron chi connectivity index (χ4n) is 2.13. The molecule has 0 saturated heterocycles. The number of primary amides is 1. The summed E-state index contributed by atoms with van der Waals surface area (Å²) in [6.07, 6.45) is 0. The van der Waals surface area contributed by atoms with Crippen molar-refractivity contribution >= 4 is 11.6 Å². The number of aryl methyl sites for hydroxylation is 1. The van der Waals surface area contributed by atoms with Gasteiger partial charge in [-0.25, -0.2) is 0 Å². The fourth-order valence-corrected chi connectivity index (χ4v) is 2.13. The molecule has 2 rings (SSSR count). The van der Waals surface area contributed by atoms with Crippen molar-refractivity contribution in [2.45, 2.75) is 20.4 Å². The molecule has 5 heteroatoms. The van der Waals surface area contributed by atoms with Gasteiger partial charge in [-0.1, -0.05) is 0 Å². The Morgan fingerprint density at radius 3 is 2.48 bits per heavy atom. The highest BCUT2D eigenvalue weighted by atomic mass is 16.5. The van der Waals surface area contributed by atoms with E-state index in [-0.39, 0.29) is 6.61 Å². The first-order valence-electron chi connectivity index (χ1n) is 6.84. The predicted molar refractivity (Wildman–Crippen MR) is 83.3 cm³/mol. The molecule has 2 aromatic rings. The van der Waals surface area contributed by atoms with Gasteiger partial charge in [0.05, 0.1) is 0 Å². The van der Waals surface area contributed by atoms with Gasteiger partial charge in [-0.15, -0.1) is 0 Å². The minimum absolute atomic E-state index is 0.102. The smallest absolute Gasteiger partial charge is 0.255 e. The van der Waals surface area contributed by atoms with Crippen molar-refractivity contribution in [3.05, 3.63) is 47.3 Å². The first-order valence-corrected chi connectivity index (χ1v) is 6.84. The van der Waals surface area contributed by atoms with Crippen LogP contribution in [0, 0.1) is 13.8 Å². The average Bonchev–Trinajstić information content (AvgIpc) is 2.71. The maximum absolute atomic E-state index is 10.6. The molecule has 0 radical (unpaired) electrons. The van der Waals surface area contributed by atoms with E-state index in [0.29, 0.717) is 5.75 Å². The number of nitrogens with one attached hydrogen (secondary N) is 1. The fraction of sp³-hybridized carbons (Fsp3) is 0.312. The molecule has 0 bridgehead atoms. The number of nitrogens with zero attached hydrogens (tertiary/aromatic N) is 1. The molecule has 1 aromatic carbocycles. The number of hydrogen-bond acceptors (Lipinski definition) is 3. The van der Waals surface area contributed by atoms with Crippen molar-refractivity contribution in [2.75, 3.05) is 11.9 Å². The highest BCUT2D eigenvalue weighted by Gasteiger charge is 2.05. The number of anilines is 1. The second-order valence-electron chi connectivity index (χ2n) is 5.09. The zero-order valence-corrected chi connectivity index (χ0v) is 12.6. The van der Waals surface area contributed by atoms with Crippen molar-refractivity contribution in [1.82, 2.24) is 4.57 Å². The molecule has 1 heterocycles. The molecular weight excluding hydrogens is 266 g/mol. The Hall–Kier alpha value is -2.43. The summed E-state index contributed by atoms with van der Waals surface area (Å²) in [5.74, 6) is 0.151. The van der Waals surface area contributed by atoms with Crippen molar-refractivity contribution in [3.63, 3.8) is 0 Å². The van der Waals surface area contributed by atoms with Crippen molar-refractivity contribution in [1.29, 1.82) is 0 Å². The average molecular weight is 287 g/mol. The van der Waals surface area contributed by atoms with Gasteiger partial charge in [0.15, 0.2) is 6.61 Å². The van der Waals surface area contributed by atoms with Crippen LogP contribution in [0.15, 0.2) is 30.3 Å². The number of nitrogens with two attached hydrogens (primary N) is 1. The van der Waals surface area contributed by atoms with Crippen LogP contribution in [0.1, 0.15) is 17.0 Å². The van der Waals surface area contributed by atoms with Gasteiger partial charge in [-0.2, -0.15) is 0 Å². The molecule has 0 spiro atoms. The van der Waals surface area contributed by atoms with E-state index in [2.05, 4.69) is 36.8 Å². The topological polar surface area (TPSA) is 69.3 Å². The molecule has 5 nitrogen and oxygen atoms in total. The molecule has 0 saturated carbocycles. The van der Waals surface area contributed by atoms with Crippen LogP contribution in [0.3, 0.4) is 0 Å². The summed E-state index contributed by atoms with van der Waals surface area (Å²) in [6, 6.07) is 9.65. The summed E-state index contributed by atoms with van der Waals surface area (Å²) < 4.78 is 7.40. The van der Waals surface area contributed by atoms with Crippen LogP contribution in [0.2, 0.25) is 0 Å². The van der Waals surface area contributed by atoms with Crippen LogP contribution in [-0.2, 0) is 18.4 Å². The summed E-state index contributed by atoms with van der Waals surface area (Å²) in [5.41, 5.74) is 9.83. The van der Waals surface area contributed by atoms with Gasteiger partial charge < -0.3 is 20.4 Å². The number of amides is 1. The normalized spacial score (nSPS) is 10.4. The van der Waals surface area contributed by atoms with Crippen LogP contribution in [0.25, 0.3) is 0 Å². The van der Waals surface area contributed by atoms with Crippen molar-refractivity contribution in [3.8, 4) is 5.75 Å². The summed E-state index contributed by atoms with van der Waals surface area (Å²) in [6.45, 7) is 4.89. The molecule has 0 aliphatic heterocycles. The third-order valence-corrected chi connectivity index (χ3v) is 3.60. The van der Waals surface area contributed by atoms with E-state index >= 15 is 0 Å². The Morgan fingerprint density at radius 1 is 1.29 bits per heavy atom. The third-order valence-electron chi connectivity index (χ3n) is 3.60. The second-order valence-corrected chi connectivity index (χ2v) is 5.09. The number of benzene rings is 1. The zero-order chi connectivity index (χ0) is 15.4. The lowest BCUT2D eigenvalue weighted by molar-refractivity contribution is -0.119. The number of aromatic nitrogens is 1. The van der Waals surface area contributed by atoms with Gasteiger partial charge >= 0.3 is 0 Å². The molecule has 1 amide bonds. The van der Waals surface area contributed by atoms with E-state index in [9.17, 15) is 4.79 Å². The lowest BCUT2D eigenvalue weighted by atomic mass is 10.2. The maximum atomic E-state index is 10.6. The van der Waals surface area contributed by atoms with Gasteiger partial charge in [0.2, 0.25) is 0 Å². The lowest BCUT2D eigenvalue weighted by Gasteiger charge is -2.08. The minimum atomic E-state index is -0.480. The standard InChI is InChI=1S/C16H21N3O2/c1-11-8-13(12(2)19(11)3)9-18-14-4-6-15(7-5-14)21-10-16(17)20/h4-8,18H,9-10H2,1-3H3,(H2,17,20). The number of hydrogen-bond donors (Lipinski definition) is 2. The Balaban J connectivity index is 1.94. The van der Waals surface area contributed by atoms with E-state index in [1.807, 2.05) is 24.3 Å². The van der Waals surface area contributed by atoms with Gasteiger partial charge in [0.25, 0.3) is 5.91 Å². The third kappa shape index (κ3) is 3.78. The van der Waals surface area contributed by atoms with E-state index in [1.165, 1.54) is 17.0 Å². The molecule has 0 aliphatic rings. The van der Waals surface area contributed by atoms with Gasteiger partial charge in [-0.3, -0.25) is 4.79 Å². The van der Waals surface area contributed by atoms with Gasteiger partial charge in [0.1, 0.15) is 5.75 Å². The van der Waals surface area contributed by atoms with Crippen LogP contribution in [0.5, 0.6) is 5.75 Å². The molecule has 112 valence electrons. The minimum Gasteiger partial charge on any atom is -0.484 e. The summed E-state index contributed by atoms with van der Waals surface area (Å²) in [7, 11) is 2.07. The maximum Gasteiger partial charge on any atom is 0.255 e. The molecule has 1 aromatic heterocycles. The van der Waals surface area contributed by atoms with Crippen LogP contribution in [0.4, 0.5) is 5.69 Å². The van der Waals surface area contributed by atoms with Gasteiger partial charge in [0, 0.05) is 30.7 Å². The quantitative estimate of drug-likeness (QED) is 0.855. The number of ether oxygens (including phenoxy) is 1. The first-order chi connectivity index (χ1) is 9.97. The number of carbonyl (C=O) groups is 1. The van der Waals surface area contributed by atoms with Crippen LogP contribution >= 0.6 is 0 Å². The molecule has 21 heavy (non-hydrogen) atoms. The molecule has 0 fully saturated rings. The molecule has 0 unspecified atom stereocenters. The number of rotatable bonds is 6. The van der Waals surface area contributed by atoms with Gasteiger partial charge in [-0.05, 0) is 49.7 Å². The summed E-state index contributed by atoms with van der Waals surface area (Å²) in [4.78, 5) is 10.6. The highest BCUT2D eigenvalue weighted by Crippen LogP contribution is 2.18. The SMILES string of the molecule is Cc1cc(CNc2ccc(OCC(N)=O)cc2)c(C)n1C. The second kappa shape index (κ2) is 6.35. The first kappa shape index (κ1) is 15.0. The van der Waals surface area contributed by atoms with E-state index in [4.69, 9.17) is 10.5 Å². The molecule has 3 N–H and O–H groups in total. The van der Waals surface area contributed by atoms with Crippen LogP contribution < -0.4 is 15.8 Å². The van der Waals surface area contributed by atoms with E-state index in [0.717, 1.165) is 12.2 Å². The highest BCUT2D eigenvalue weighted by molar-refractivity contribution is 5.75. The monoisotopic (exact) mass is 287 g/mol. The Labute approximate surface area is 124 Å². The summed E-state index contributed by atoms with van der Waals surface area (Å²) in [5, 5.41) is 3.37. The van der Waals surface area contributed by atoms with Crippen molar-refractivity contribution in [2.24, 2.45) is 12.8 Å². The largest absolute Gasteiger partial charge is 0.484 e. The van der Waals surface area contributed by atoms with E-state index in [1.54, 1.807) is 0 Å². The zero-order valence-electron chi connectivity index (χ0n) is 12.6. The lowest BCUT2D eigenvalue weighted by Crippen LogP contribution is -2.19. The molecule has 0 aliphatic carbocycles. The number of carbonyl (C=O) groups excluding carboxylic acids is 1. The summed E-state index contributed by atoms with van der Waals surface area (Å²) >= 11 is 0.